The molecule has 0 saturated heterocycles. The Morgan fingerprint density at radius 2 is 2.13 bits per heavy atom. The van der Waals surface area contributed by atoms with Gasteiger partial charge in [0.1, 0.15) is 0 Å². The van der Waals surface area contributed by atoms with Crippen molar-refractivity contribution in [2.24, 2.45) is 5.92 Å². The van der Waals surface area contributed by atoms with Gasteiger partial charge in [-0.25, -0.2) is 0 Å². The molecule has 80 valence electrons. The Morgan fingerprint density at radius 1 is 1.47 bits per heavy atom. The van der Waals surface area contributed by atoms with Crippen LogP contribution in [0.25, 0.3) is 0 Å². The molecule has 0 fully saturated rings. The largest absolute Gasteiger partial charge is 0.481 e. The Bertz CT molecular complexity index is 370. The van der Waals surface area contributed by atoms with Crippen LogP contribution in [0.15, 0.2) is 18.3 Å². The first-order valence-corrected chi connectivity index (χ1v) is 4.69. The first kappa shape index (κ1) is 11.4. The van der Waals surface area contributed by atoms with Crippen LogP contribution >= 0.6 is 0 Å². The van der Waals surface area contributed by atoms with Gasteiger partial charge in [0.05, 0.1) is 6.42 Å². The van der Waals surface area contributed by atoms with E-state index < -0.39 is 11.9 Å². The number of hydrogen-bond acceptors (Lipinski definition) is 3. The summed E-state index contributed by atoms with van der Waals surface area (Å²) in [6.45, 7) is 3.44. The van der Waals surface area contributed by atoms with Crippen molar-refractivity contribution in [2.45, 2.75) is 20.3 Å². The van der Waals surface area contributed by atoms with Crippen LogP contribution in [0, 0.1) is 12.8 Å². The van der Waals surface area contributed by atoms with E-state index in [0.717, 1.165) is 5.69 Å². The van der Waals surface area contributed by atoms with Crippen molar-refractivity contribution >= 4 is 11.8 Å². The van der Waals surface area contributed by atoms with Crippen LogP contribution in [0.4, 0.5) is 0 Å². The molecule has 0 radical (unpaired) electrons. The van der Waals surface area contributed by atoms with Gasteiger partial charge in [0.2, 0.25) is 0 Å². The van der Waals surface area contributed by atoms with Gasteiger partial charge in [0, 0.05) is 23.4 Å². The number of nitrogens with zero attached hydrogens (tertiary/aromatic N) is 1. The number of carbonyl (C=O) groups is 2. The lowest BCUT2D eigenvalue weighted by atomic mass is 9.97. The maximum absolute atomic E-state index is 11.7. The van der Waals surface area contributed by atoms with E-state index in [4.69, 9.17) is 5.11 Å². The molecule has 1 unspecified atom stereocenters. The Morgan fingerprint density at radius 3 is 2.60 bits per heavy atom. The molecule has 15 heavy (non-hydrogen) atoms. The van der Waals surface area contributed by atoms with Gasteiger partial charge in [-0.05, 0) is 19.1 Å². The third-order valence-electron chi connectivity index (χ3n) is 2.12. The summed E-state index contributed by atoms with van der Waals surface area (Å²) in [5.74, 6) is -1.65. The molecule has 1 N–H and O–H groups in total. The highest BCUT2D eigenvalue weighted by Crippen LogP contribution is 2.11. The summed E-state index contributed by atoms with van der Waals surface area (Å²) >= 11 is 0. The second kappa shape index (κ2) is 4.68. The summed E-state index contributed by atoms with van der Waals surface area (Å²) in [5.41, 5.74) is 1.30. The number of aliphatic carboxylic acids is 1. The Balaban J connectivity index is 2.76. The molecule has 1 rings (SSSR count). The van der Waals surface area contributed by atoms with Crippen molar-refractivity contribution in [1.29, 1.82) is 0 Å². The van der Waals surface area contributed by atoms with Gasteiger partial charge in [0.15, 0.2) is 5.78 Å². The van der Waals surface area contributed by atoms with Gasteiger partial charge >= 0.3 is 5.97 Å². The van der Waals surface area contributed by atoms with E-state index >= 15 is 0 Å². The smallest absolute Gasteiger partial charge is 0.304 e. The van der Waals surface area contributed by atoms with Crippen LogP contribution in [0.1, 0.15) is 29.4 Å². The number of carboxylic acids is 1. The van der Waals surface area contributed by atoms with E-state index in [1.807, 2.05) is 6.92 Å². The number of pyridine rings is 1. The van der Waals surface area contributed by atoms with Gasteiger partial charge in [-0.15, -0.1) is 0 Å². The first-order chi connectivity index (χ1) is 7.00. The Labute approximate surface area is 88.0 Å². The van der Waals surface area contributed by atoms with Crippen LogP contribution in [-0.4, -0.2) is 21.8 Å². The SMILES string of the molecule is Cc1ccc(C(=O)C(C)CC(=O)O)cn1. The zero-order valence-corrected chi connectivity index (χ0v) is 8.73. The molecule has 1 atom stereocenters. The molecule has 0 aliphatic heterocycles. The van der Waals surface area contributed by atoms with Gasteiger partial charge in [-0.2, -0.15) is 0 Å². The molecule has 0 aromatic carbocycles. The standard InChI is InChI=1S/C11H13NO3/c1-7(5-10(13)14)11(15)9-4-3-8(2)12-6-9/h3-4,6-7H,5H2,1-2H3,(H,13,14). The van der Waals surface area contributed by atoms with E-state index in [2.05, 4.69) is 4.98 Å². The van der Waals surface area contributed by atoms with E-state index in [0.29, 0.717) is 5.56 Å². The molecule has 4 nitrogen and oxygen atoms in total. The zero-order valence-electron chi connectivity index (χ0n) is 8.73. The lowest BCUT2D eigenvalue weighted by Gasteiger charge is -2.07. The highest BCUT2D eigenvalue weighted by atomic mass is 16.4. The number of ketones is 1. The van der Waals surface area contributed by atoms with Gasteiger partial charge in [0.25, 0.3) is 0 Å². The summed E-state index contributed by atoms with van der Waals surface area (Å²) in [7, 11) is 0. The molecule has 0 aliphatic carbocycles. The third-order valence-corrected chi connectivity index (χ3v) is 2.12. The number of hydrogen-bond donors (Lipinski definition) is 1. The van der Waals surface area contributed by atoms with E-state index in [1.165, 1.54) is 6.20 Å². The number of aryl methyl sites for hydroxylation is 1. The lowest BCUT2D eigenvalue weighted by Crippen LogP contribution is -2.15. The average Bonchev–Trinajstić information content (AvgIpc) is 2.17. The topological polar surface area (TPSA) is 67.3 Å². The molecule has 0 spiro atoms. The van der Waals surface area contributed by atoms with Crippen LogP contribution in [-0.2, 0) is 4.79 Å². The van der Waals surface area contributed by atoms with E-state index in [1.54, 1.807) is 19.1 Å². The van der Waals surface area contributed by atoms with E-state index in [-0.39, 0.29) is 12.2 Å². The minimum atomic E-state index is -0.962. The molecular weight excluding hydrogens is 194 g/mol. The van der Waals surface area contributed by atoms with Crippen molar-refractivity contribution in [3.8, 4) is 0 Å². The van der Waals surface area contributed by atoms with Crippen LogP contribution in [0.2, 0.25) is 0 Å². The highest BCUT2D eigenvalue weighted by molar-refractivity contribution is 5.98. The molecule has 0 aliphatic rings. The summed E-state index contributed by atoms with van der Waals surface area (Å²) in [6, 6.07) is 3.41. The summed E-state index contributed by atoms with van der Waals surface area (Å²) in [6.07, 6.45) is 1.34. The van der Waals surface area contributed by atoms with Crippen LogP contribution < -0.4 is 0 Å². The fourth-order valence-corrected chi connectivity index (χ4v) is 1.25. The third kappa shape index (κ3) is 3.16. The number of carboxylic acid groups (broad SMARTS) is 1. The number of carbonyl (C=O) groups excluding carboxylic acids is 1. The predicted molar refractivity (Wildman–Crippen MR) is 54.7 cm³/mol. The van der Waals surface area contributed by atoms with Gasteiger partial charge in [-0.3, -0.25) is 14.6 Å². The van der Waals surface area contributed by atoms with Gasteiger partial charge in [-0.1, -0.05) is 6.92 Å². The Kier molecular flexibility index (Phi) is 3.55. The fourth-order valence-electron chi connectivity index (χ4n) is 1.25. The molecule has 1 aromatic heterocycles. The molecule has 0 saturated carbocycles. The summed E-state index contributed by atoms with van der Waals surface area (Å²) in [5, 5.41) is 8.56. The molecule has 4 heteroatoms. The predicted octanol–water partition coefficient (Wildman–Crippen LogP) is 1.68. The van der Waals surface area contributed by atoms with Gasteiger partial charge < -0.3 is 5.11 Å². The number of rotatable bonds is 4. The van der Waals surface area contributed by atoms with Crippen molar-refractivity contribution < 1.29 is 14.7 Å². The lowest BCUT2D eigenvalue weighted by molar-refractivity contribution is -0.137. The summed E-state index contributed by atoms with van der Waals surface area (Å²) < 4.78 is 0. The van der Waals surface area contributed by atoms with Crippen molar-refractivity contribution in [1.82, 2.24) is 4.98 Å². The maximum atomic E-state index is 11.7. The molecule has 0 bridgehead atoms. The minimum absolute atomic E-state index is 0.146. The molecular formula is C11H13NO3. The number of Topliss-reactive ketones (excluding diaryl/α,β-unsaturated/α-hetero) is 1. The van der Waals surface area contributed by atoms with E-state index in [9.17, 15) is 9.59 Å². The highest BCUT2D eigenvalue weighted by Gasteiger charge is 2.18. The molecule has 1 heterocycles. The normalized spacial score (nSPS) is 12.1. The number of aromatic nitrogens is 1. The quantitative estimate of drug-likeness (QED) is 0.763. The van der Waals surface area contributed by atoms with Crippen molar-refractivity contribution in [3.63, 3.8) is 0 Å². The van der Waals surface area contributed by atoms with Crippen LogP contribution in [0.3, 0.4) is 0 Å². The summed E-state index contributed by atoms with van der Waals surface area (Å²) in [4.78, 5) is 26.1. The van der Waals surface area contributed by atoms with Crippen LogP contribution in [0.5, 0.6) is 0 Å². The fraction of sp³-hybridized carbons (Fsp3) is 0.364. The monoisotopic (exact) mass is 207 g/mol. The zero-order chi connectivity index (χ0) is 11.4. The van der Waals surface area contributed by atoms with Crippen molar-refractivity contribution in [2.75, 3.05) is 0 Å². The second-order valence-electron chi connectivity index (χ2n) is 3.55. The maximum Gasteiger partial charge on any atom is 0.304 e. The molecule has 1 aromatic rings. The van der Waals surface area contributed by atoms with Crippen molar-refractivity contribution in [3.05, 3.63) is 29.6 Å². The average molecular weight is 207 g/mol. The Hall–Kier alpha value is -1.71. The minimum Gasteiger partial charge on any atom is -0.481 e. The molecule has 0 amide bonds. The first-order valence-electron chi connectivity index (χ1n) is 4.69. The second-order valence-corrected chi connectivity index (χ2v) is 3.55.